The van der Waals surface area contributed by atoms with E-state index in [9.17, 15) is 61.0 Å². The zero-order valence-electron chi connectivity index (χ0n) is 59.1. The van der Waals surface area contributed by atoms with Gasteiger partial charge in [-0.05, 0) is 77.0 Å². The number of unbranched alkanes of at least 4 members (excludes halogenated alkanes) is 30. The van der Waals surface area contributed by atoms with E-state index in [1.54, 1.807) is 6.08 Å². The predicted molar refractivity (Wildman–Crippen MR) is 378 cm³/mol. The van der Waals surface area contributed by atoms with E-state index in [2.05, 4.69) is 92.1 Å². The Labute approximate surface area is 578 Å². The first-order valence-corrected chi connectivity index (χ1v) is 37.8. The van der Waals surface area contributed by atoms with Gasteiger partial charge in [-0.25, -0.2) is 0 Å². The fourth-order valence-electron chi connectivity index (χ4n) is 12.4. The molecule has 0 saturated carbocycles. The Morgan fingerprint density at radius 3 is 1.12 bits per heavy atom. The highest BCUT2D eigenvalue weighted by Crippen LogP contribution is 2.33. The van der Waals surface area contributed by atoms with Gasteiger partial charge in [0.2, 0.25) is 5.91 Å². The molecule has 0 aliphatic carbocycles. The first-order valence-electron chi connectivity index (χ1n) is 37.8. The number of hydrogen-bond acceptors (Lipinski definition) is 18. The normalized spacial score (nSPS) is 27.5. The number of nitrogens with one attached hydrogen (secondary N) is 1. The molecule has 19 nitrogen and oxygen atoms in total. The first kappa shape index (κ1) is 87.2. The highest BCUT2D eigenvalue weighted by Gasteiger charge is 2.53. The number of aliphatic hydroxyl groups excluding tert-OH is 11. The van der Waals surface area contributed by atoms with Crippen LogP contribution in [0.15, 0.2) is 85.1 Å². The van der Waals surface area contributed by atoms with Gasteiger partial charge in [-0.15, -0.1) is 0 Å². The van der Waals surface area contributed by atoms with Crippen molar-refractivity contribution >= 4 is 5.91 Å². The second-order valence-corrected chi connectivity index (χ2v) is 26.7. The lowest BCUT2D eigenvalue weighted by atomic mass is 9.96. The Bertz CT molecular complexity index is 2070. The Morgan fingerprint density at radius 1 is 0.375 bits per heavy atom. The van der Waals surface area contributed by atoms with Gasteiger partial charge >= 0.3 is 0 Å². The standard InChI is InChI=1S/C77H135NO18/c1-3-5-7-9-11-13-15-16-17-18-19-20-21-22-23-24-25-26-27-28-29-30-31-32-33-34-35-36-37-38-39-40-41-42-43-44-45-47-49-51-53-55-65(83)78-60(61(82)54-52-50-48-46-14-12-10-8-6-4-2)59-91-75-71(89)68(86)73(63(57-80)93-75)96-77-72(90)69(87)74(64(58-81)94-77)95-76-70(88)67(85)66(84)62(56-79)92-76/h5-8,11,13-14,16-17,19-20,46,52,54,60-64,66-77,79-82,84-90H,3-4,9-10,12,15,18,21-45,47-51,53,55-59H2,1-2H3,(H,78,83)/b7-5-,8-6+,13-11-,17-16-,20-19-,46-14+,54-52+. The van der Waals surface area contributed by atoms with E-state index in [0.717, 1.165) is 70.6 Å². The maximum atomic E-state index is 13.4. The first-order chi connectivity index (χ1) is 46.8. The monoisotopic (exact) mass is 1360 g/mol. The smallest absolute Gasteiger partial charge is 0.220 e. The maximum absolute atomic E-state index is 13.4. The van der Waals surface area contributed by atoms with Crippen molar-refractivity contribution in [2.75, 3.05) is 26.4 Å². The molecule has 0 radical (unpaired) electrons. The van der Waals surface area contributed by atoms with Crippen molar-refractivity contribution in [1.29, 1.82) is 0 Å². The van der Waals surface area contributed by atoms with Gasteiger partial charge < -0.3 is 89.9 Å². The third kappa shape index (κ3) is 38.1. The lowest BCUT2D eigenvalue weighted by Crippen LogP contribution is -2.66. The van der Waals surface area contributed by atoms with Gasteiger partial charge in [-0.3, -0.25) is 4.79 Å². The van der Waals surface area contributed by atoms with E-state index in [1.807, 2.05) is 6.08 Å². The maximum Gasteiger partial charge on any atom is 0.220 e. The predicted octanol–water partition coefficient (Wildman–Crippen LogP) is 11.4. The summed E-state index contributed by atoms with van der Waals surface area (Å²) in [6.45, 7) is 1.46. The SMILES string of the molecule is CC/C=C\C/C=C\C/C=C\C/C=C\CCCCCCCCCCCCCCCCCCCCCCCCCCCCCCC(=O)NC(COC1OC(CO)C(OC2OC(CO)C(OC3OC(CO)C(O)C(O)C3O)C(O)C2O)C(O)C1O)C(O)/C=C/CC/C=C/CC/C=C/CC. The topological polar surface area (TPSA) is 307 Å². The quantitative estimate of drug-likeness (QED) is 0.0199. The van der Waals surface area contributed by atoms with Crippen LogP contribution in [0.2, 0.25) is 0 Å². The number of ether oxygens (including phenoxy) is 6. The molecule has 17 unspecified atom stereocenters. The number of allylic oxidation sites excluding steroid dienone is 13. The molecule has 3 heterocycles. The molecule has 3 aliphatic heterocycles. The molecule has 19 heteroatoms. The number of amides is 1. The van der Waals surface area contributed by atoms with Crippen LogP contribution in [0.5, 0.6) is 0 Å². The average Bonchev–Trinajstić information content (AvgIpc) is 0.849. The molecule has 1 amide bonds. The summed E-state index contributed by atoms with van der Waals surface area (Å²) >= 11 is 0. The molecule has 0 aromatic carbocycles. The Morgan fingerprint density at radius 2 is 0.698 bits per heavy atom. The van der Waals surface area contributed by atoms with Gasteiger partial charge in [0.05, 0.1) is 38.6 Å². The second-order valence-electron chi connectivity index (χ2n) is 26.7. The number of carbonyl (C=O) groups excluding carboxylic acids is 1. The van der Waals surface area contributed by atoms with Crippen molar-refractivity contribution < 1.29 is 89.4 Å². The Kier molecular flexibility index (Phi) is 52.3. The van der Waals surface area contributed by atoms with Crippen molar-refractivity contribution in [2.24, 2.45) is 0 Å². The lowest BCUT2D eigenvalue weighted by Gasteiger charge is -2.48. The van der Waals surface area contributed by atoms with Crippen LogP contribution in [-0.2, 0) is 33.2 Å². The molecule has 3 rings (SSSR count). The third-order valence-corrected chi connectivity index (χ3v) is 18.4. The molecule has 0 aromatic heterocycles. The number of hydrogen-bond donors (Lipinski definition) is 12. The fourth-order valence-corrected chi connectivity index (χ4v) is 12.4. The van der Waals surface area contributed by atoms with Crippen molar-refractivity contribution in [3.05, 3.63) is 85.1 Å². The van der Waals surface area contributed by atoms with E-state index in [-0.39, 0.29) is 18.9 Å². The Balaban J connectivity index is 1.25. The molecule has 12 N–H and O–H groups in total. The van der Waals surface area contributed by atoms with Gasteiger partial charge in [0.25, 0.3) is 0 Å². The van der Waals surface area contributed by atoms with Crippen LogP contribution in [0.25, 0.3) is 0 Å². The van der Waals surface area contributed by atoms with Gasteiger partial charge in [0.1, 0.15) is 73.2 Å². The number of carbonyl (C=O) groups is 1. The van der Waals surface area contributed by atoms with E-state index in [1.165, 1.54) is 161 Å². The van der Waals surface area contributed by atoms with Crippen LogP contribution in [0.1, 0.15) is 264 Å². The molecular weight excluding hydrogens is 1230 g/mol. The van der Waals surface area contributed by atoms with Gasteiger partial charge in [-0.1, -0.05) is 266 Å². The molecule has 0 bridgehead atoms. The van der Waals surface area contributed by atoms with Crippen LogP contribution in [0, 0.1) is 0 Å². The minimum atomic E-state index is -1.98. The average molecular weight is 1360 g/mol. The summed E-state index contributed by atoms with van der Waals surface area (Å²) in [6.07, 6.45) is 49.3. The molecule has 3 aliphatic rings. The summed E-state index contributed by atoms with van der Waals surface area (Å²) in [6, 6.07) is -0.996. The van der Waals surface area contributed by atoms with E-state index in [0.29, 0.717) is 12.8 Å². The molecule has 0 aromatic rings. The summed E-state index contributed by atoms with van der Waals surface area (Å²) in [5, 5.41) is 120. The minimum Gasteiger partial charge on any atom is -0.394 e. The molecule has 3 fully saturated rings. The summed E-state index contributed by atoms with van der Waals surface area (Å²) < 4.78 is 34.3. The van der Waals surface area contributed by atoms with E-state index in [4.69, 9.17) is 28.4 Å². The van der Waals surface area contributed by atoms with E-state index >= 15 is 0 Å². The number of aliphatic hydroxyl groups is 11. The molecule has 556 valence electrons. The molecule has 0 spiro atoms. The molecule has 17 atom stereocenters. The third-order valence-electron chi connectivity index (χ3n) is 18.4. The van der Waals surface area contributed by atoms with Gasteiger partial charge in [0, 0.05) is 6.42 Å². The zero-order chi connectivity index (χ0) is 69.6. The number of rotatable bonds is 58. The van der Waals surface area contributed by atoms with Crippen molar-refractivity contribution in [2.45, 2.75) is 369 Å². The van der Waals surface area contributed by atoms with E-state index < -0.39 is 124 Å². The lowest BCUT2D eigenvalue weighted by molar-refractivity contribution is -0.379. The Hall–Kier alpha value is -3.03. The summed E-state index contributed by atoms with van der Waals surface area (Å²) in [7, 11) is 0. The van der Waals surface area contributed by atoms with Crippen LogP contribution in [0.3, 0.4) is 0 Å². The summed E-state index contributed by atoms with van der Waals surface area (Å²) in [5.41, 5.74) is 0. The zero-order valence-corrected chi connectivity index (χ0v) is 59.1. The minimum absolute atomic E-state index is 0.232. The molecule has 3 saturated heterocycles. The van der Waals surface area contributed by atoms with Crippen molar-refractivity contribution in [3.8, 4) is 0 Å². The highest BCUT2D eigenvalue weighted by molar-refractivity contribution is 5.76. The van der Waals surface area contributed by atoms with Crippen molar-refractivity contribution in [1.82, 2.24) is 5.32 Å². The highest BCUT2D eigenvalue weighted by atomic mass is 16.8. The van der Waals surface area contributed by atoms with Gasteiger partial charge in [-0.2, -0.15) is 0 Å². The van der Waals surface area contributed by atoms with Crippen LogP contribution in [-0.4, -0.2) is 193 Å². The van der Waals surface area contributed by atoms with Crippen LogP contribution in [0.4, 0.5) is 0 Å². The molecule has 96 heavy (non-hydrogen) atoms. The second kappa shape index (κ2) is 57.6. The summed E-state index contributed by atoms with van der Waals surface area (Å²) in [4.78, 5) is 13.4. The van der Waals surface area contributed by atoms with Gasteiger partial charge in [0.15, 0.2) is 18.9 Å². The van der Waals surface area contributed by atoms with Crippen LogP contribution < -0.4 is 5.32 Å². The van der Waals surface area contributed by atoms with Crippen molar-refractivity contribution in [3.63, 3.8) is 0 Å². The summed E-state index contributed by atoms with van der Waals surface area (Å²) in [5.74, 6) is -0.290. The molecular formula is C77H135NO18. The van der Waals surface area contributed by atoms with Crippen LogP contribution >= 0.6 is 0 Å². The largest absolute Gasteiger partial charge is 0.394 e. The fraction of sp³-hybridized carbons (Fsp3) is 0.805.